The van der Waals surface area contributed by atoms with E-state index in [0.717, 1.165) is 32.1 Å². The molecule has 4 aliphatic rings. The lowest BCUT2D eigenvalue weighted by Crippen LogP contribution is -2.47. The number of rotatable bonds is 2. The van der Waals surface area contributed by atoms with Crippen molar-refractivity contribution in [3.05, 3.63) is 0 Å². The molecule has 5 heteroatoms. The molecule has 4 fully saturated rings. The summed E-state index contributed by atoms with van der Waals surface area (Å²) in [6.45, 7) is 0. The summed E-state index contributed by atoms with van der Waals surface area (Å²) in [7, 11) is 2.69. The molecule has 5 atom stereocenters. The van der Waals surface area contributed by atoms with Crippen LogP contribution in [0.25, 0.3) is 0 Å². The number of carbonyl (C=O) groups is 3. The first-order valence-corrected chi connectivity index (χ1v) is 7.74. The van der Waals surface area contributed by atoms with Gasteiger partial charge < -0.3 is 9.47 Å². The zero-order valence-corrected chi connectivity index (χ0v) is 12.4. The van der Waals surface area contributed by atoms with Gasteiger partial charge in [-0.3, -0.25) is 14.4 Å². The van der Waals surface area contributed by atoms with Crippen LogP contribution in [0.3, 0.4) is 0 Å². The van der Waals surface area contributed by atoms with E-state index in [1.54, 1.807) is 0 Å². The molecule has 1 spiro atoms. The summed E-state index contributed by atoms with van der Waals surface area (Å²) >= 11 is 0. The summed E-state index contributed by atoms with van der Waals surface area (Å²) in [5.74, 6) is -0.495. The Kier molecular flexibility index (Phi) is 2.33. The summed E-state index contributed by atoms with van der Waals surface area (Å²) in [5.41, 5.74) is -2.51. The second-order valence-corrected chi connectivity index (χ2v) is 7.06. The van der Waals surface area contributed by atoms with Crippen LogP contribution in [0, 0.1) is 28.1 Å². The average molecular weight is 292 g/mol. The molecule has 4 rings (SSSR count). The molecule has 0 bridgehead atoms. The Balaban J connectivity index is 1.93. The molecule has 0 heterocycles. The van der Waals surface area contributed by atoms with Crippen LogP contribution >= 0.6 is 0 Å². The van der Waals surface area contributed by atoms with Gasteiger partial charge in [0.2, 0.25) is 0 Å². The Morgan fingerprint density at radius 2 is 1.86 bits per heavy atom. The van der Waals surface area contributed by atoms with E-state index in [1.807, 2.05) is 0 Å². The summed E-state index contributed by atoms with van der Waals surface area (Å²) in [6, 6.07) is 0. The zero-order chi connectivity index (χ0) is 15.0. The molecule has 0 aromatic heterocycles. The lowest BCUT2D eigenvalue weighted by atomic mass is 9.60. The highest BCUT2D eigenvalue weighted by Crippen LogP contribution is 2.92. The molecule has 21 heavy (non-hydrogen) atoms. The van der Waals surface area contributed by atoms with Gasteiger partial charge in [0, 0.05) is 11.8 Å². The summed E-state index contributed by atoms with van der Waals surface area (Å²) in [5, 5.41) is 0. The number of hydrogen-bond acceptors (Lipinski definition) is 5. The molecule has 5 nitrogen and oxygen atoms in total. The van der Waals surface area contributed by atoms with E-state index in [1.165, 1.54) is 14.2 Å². The maximum Gasteiger partial charge on any atom is 0.314 e. The van der Waals surface area contributed by atoms with E-state index in [9.17, 15) is 14.4 Å². The Labute approximate surface area is 123 Å². The number of hydrogen-bond donors (Lipinski definition) is 0. The van der Waals surface area contributed by atoms with Crippen molar-refractivity contribution in [3.8, 4) is 0 Å². The summed E-state index contributed by atoms with van der Waals surface area (Å²) in [6.07, 6.45) is 4.71. The summed E-state index contributed by atoms with van der Waals surface area (Å²) in [4.78, 5) is 38.0. The first kappa shape index (κ1) is 13.3. The van der Waals surface area contributed by atoms with Crippen LogP contribution in [-0.4, -0.2) is 31.9 Å². The van der Waals surface area contributed by atoms with Gasteiger partial charge in [-0.15, -0.1) is 0 Å². The van der Waals surface area contributed by atoms with Crippen molar-refractivity contribution < 1.29 is 23.9 Å². The van der Waals surface area contributed by atoms with Crippen molar-refractivity contribution in [2.75, 3.05) is 14.2 Å². The third-order valence-electron chi connectivity index (χ3n) is 7.03. The maximum absolute atomic E-state index is 12.9. The van der Waals surface area contributed by atoms with Gasteiger partial charge in [0.25, 0.3) is 0 Å². The molecule has 0 aliphatic heterocycles. The van der Waals surface area contributed by atoms with Crippen LogP contribution in [0.2, 0.25) is 0 Å². The van der Waals surface area contributed by atoms with E-state index < -0.39 is 22.2 Å². The van der Waals surface area contributed by atoms with Gasteiger partial charge in [-0.1, -0.05) is 12.8 Å². The minimum absolute atomic E-state index is 0.0642. The fourth-order valence-electron chi connectivity index (χ4n) is 6.56. The molecule has 4 aliphatic carbocycles. The van der Waals surface area contributed by atoms with E-state index in [-0.39, 0.29) is 30.0 Å². The Morgan fingerprint density at radius 3 is 2.52 bits per heavy atom. The predicted molar refractivity (Wildman–Crippen MR) is 71.0 cm³/mol. The largest absolute Gasteiger partial charge is 0.469 e. The Morgan fingerprint density at radius 1 is 1.14 bits per heavy atom. The highest BCUT2D eigenvalue weighted by Gasteiger charge is 3.00. The molecular weight excluding hydrogens is 272 g/mol. The normalized spacial score (nSPS) is 49.3. The fraction of sp³-hybridized carbons (Fsp3) is 0.812. The molecule has 0 radical (unpaired) electrons. The fourth-order valence-corrected chi connectivity index (χ4v) is 6.56. The monoisotopic (exact) mass is 292 g/mol. The van der Waals surface area contributed by atoms with Crippen LogP contribution in [0.15, 0.2) is 0 Å². The average Bonchev–Trinajstić information content (AvgIpc) is 2.87. The molecule has 0 N–H and O–H groups in total. The Bertz CT molecular complexity index is 567. The predicted octanol–water partition coefficient (Wildman–Crippen LogP) is 1.49. The highest BCUT2D eigenvalue weighted by molar-refractivity contribution is 6.11. The number of esters is 2. The van der Waals surface area contributed by atoms with Crippen molar-refractivity contribution >= 4 is 17.7 Å². The van der Waals surface area contributed by atoms with Gasteiger partial charge in [0.1, 0.15) is 11.2 Å². The van der Waals surface area contributed by atoms with Crippen molar-refractivity contribution in [2.24, 2.45) is 28.1 Å². The molecule has 0 saturated heterocycles. The van der Waals surface area contributed by atoms with Crippen LogP contribution in [0.1, 0.15) is 38.5 Å². The summed E-state index contributed by atoms with van der Waals surface area (Å²) < 4.78 is 10.0. The van der Waals surface area contributed by atoms with Crippen molar-refractivity contribution in [1.82, 2.24) is 0 Å². The van der Waals surface area contributed by atoms with Crippen molar-refractivity contribution in [2.45, 2.75) is 38.5 Å². The first-order valence-electron chi connectivity index (χ1n) is 7.74. The van der Waals surface area contributed by atoms with Crippen molar-refractivity contribution in [1.29, 1.82) is 0 Å². The van der Waals surface area contributed by atoms with E-state index in [2.05, 4.69) is 0 Å². The maximum atomic E-state index is 12.9. The standard InChI is InChI=1S/C16H20O5/c1-20-12(18)15-8-11(17)14-6-4-3-5-9(14)7-10(15)16(14,15)13(19)21-2/h9-10H,3-8H2,1-2H3/t9-,10?,14?,15+,16-/m1/s1. The molecule has 4 saturated carbocycles. The second kappa shape index (κ2) is 3.68. The minimum Gasteiger partial charge on any atom is -0.469 e. The van der Waals surface area contributed by atoms with Crippen molar-refractivity contribution in [3.63, 3.8) is 0 Å². The molecule has 114 valence electrons. The highest BCUT2D eigenvalue weighted by atomic mass is 16.5. The van der Waals surface area contributed by atoms with Gasteiger partial charge in [0.15, 0.2) is 0 Å². The quantitative estimate of drug-likeness (QED) is 0.721. The second-order valence-electron chi connectivity index (χ2n) is 7.06. The lowest BCUT2D eigenvalue weighted by molar-refractivity contribution is -0.163. The van der Waals surface area contributed by atoms with E-state index in [4.69, 9.17) is 9.47 Å². The molecule has 0 aromatic carbocycles. The van der Waals surface area contributed by atoms with Crippen LogP contribution in [0.5, 0.6) is 0 Å². The SMILES string of the molecule is COC(=O)[C@]12C3C[C@H]4CCCCC41C(=O)C[C@@]32C(=O)OC. The molecule has 0 aromatic rings. The molecular formula is C16H20O5. The van der Waals surface area contributed by atoms with Gasteiger partial charge >= 0.3 is 11.9 Å². The lowest BCUT2D eigenvalue weighted by Gasteiger charge is -2.41. The molecule has 0 amide bonds. The van der Waals surface area contributed by atoms with Gasteiger partial charge in [-0.25, -0.2) is 0 Å². The van der Waals surface area contributed by atoms with Gasteiger partial charge in [-0.05, 0) is 31.1 Å². The first-order chi connectivity index (χ1) is 10.0. The third kappa shape index (κ3) is 1.00. The number of Topliss-reactive ketones (excluding diaryl/α,β-unsaturated/α-hetero) is 1. The minimum atomic E-state index is -0.931. The number of ketones is 1. The topological polar surface area (TPSA) is 69.7 Å². The number of fused-ring (bicyclic) bond motifs is 1. The van der Waals surface area contributed by atoms with Crippen LogP contribution in [0.4, 0.5) is 0 Å². The number of ether oxygens (including phenoxy) is 2. The van der Waals surface area contributed by atoms with Crippen LogP contribution in [-0.2, 0) is 23.9 Å². The number of methoxy groups -OCH3 is 2. The molecule has 2 unspecified atom stereocenters. The van der Waals surface area contributed by atoms with Gasteiger partial charge in [-0.2, -0.15) is 0 Å². The van der Waals surface area contributed by atoms with Gasteiger partial charge in [0.05, 0.1) is 19.6 Å². The smallest absolute Gasteiger partial charge is 0.314 e. The third-order valence-corrected chi connectivity index (χ3v) is 7.03. The number of carbonyl (C=O) groups excluding carboxylic acids is 3. The van der Waals surface area contributed by atoms with E-state index >= 15 is 0 Å². The Hall–Kier alpha value is -1.39. The van der Waals surface area contributed by atoms with Crippen LogP contribution < -0.4 is 0 Å². The zero-order valence-electron chi connectivity index (χ0n) is 12.4. The van der Waals surface area contributed by atoms with E-state index in [0.29, 0.717) is 0 Å².